The predicted octanol–water partition coefficient (Wildman–Crippen LogP) is 2.46. The highest BCUT2D eigenvalue weighted by molar-refractivity contribution is 5.77. The molecule has 0 aliphatic heterocycles. The maximum atomic E-state index is 10.7. The number of aliphatic carboxylic acids is 1. The Balaban J connectivity index is 2.48. The van der Waals surface area contributed by atoms with Gasteiger partial charge in [-0.2, -0.15) is 0 Å². The Hall–Kier alpha value is -1.84. The average molecular weight is 232 g/mol. The van der Waals surface area contributed by atoms with Crippen LogP contribution in [-0.4, -0.2) is 20.6 Å². The maximum Gasteiger partial charge on any atom is 0.304 e. The first kappa shape index (κ1) is 11.6. The first-order valence-corrected chi connectivity index (χ1v) is 5.64. The Labute approximate surface area is 99.9 Å². The van der Waals surface area contributed by atoms with E-state index in [1.54, 1.807) is 0 Å². The summed E-state index contributed by atoms with van der Waals surface area (Å²) in [5.41, 5.74) is 3.15. The van der Waals surface area contributed by atoms with Crippen LogP contribution in [0.3, 0.4) is 0 Å². The van der Waals surface area contributed by atoms with Crippen LogP contribution in [-0.2, 0) is 11.8 Å². The third-order valence-electron chi connectivity index (χ3n) is 2.99. The van der Waals surface area contributed by atoms with Gasteiger partial charge in [-0.05, 0) is 24.6 Å². The smallest absolute Gasteiger partial charge is 0.304 e. The molecule has 1 atom stereocenters. The highest BCUT2D eigenvalue weighted by atomic mass is 16.4. The van der Waals surface area contributed by atoms with Gasteiger partial charge in [0.1, 0.15) is 5.82 Å². The summed E-state index contributed by atoms with van der Waals surface area (Å²) in [6.45, 7) is 3.93. The molecule has 1 heterocycles. The van der Waals surface area contributed by atoms with E-state index in [0.717, 1.165) is 16.9 Å². The molecule has 0 aliphatic rings. The van der Waals surface area contributed by atoms with Crippen LogP contribution in [0.15, 0.2) is 18.2 Å². The van der Waals surface area contributed by atoms with Gasteiger partial charge in [0.2, 0.25) is 0 Å². The molecule has 0 spiro atoms. The number of carbonyl (C=O) groups is 1. The summed E-state index contributed by atoms with van der Waals surface area (Å²) < 4.78 is 1.98. The molecule has 17 heavy (non-hydrogen) atoms. The minimum absolute atomic E-state index is 0.0785. The molecule has 0 saturated heterocycles. The standard InChI is InChI=1S/C13H16N2O2/c1-8-4-5-10-11(6-8)15(3)13(14-10)9(2)7-12(16)17/h4-6,9H,7H2,1-3H3,(H,16,17). The molecule has 4 nitrogen and oxygen atoms in total. The SMILES string of the molecule is Cc1ccc2nc(C(C)CC(=O)O)n(C)c2c1. The summed E-state index contributed by atoms with van der Waals surface area (Å²) in [5.74, 6) is -0.0426. The van der Waals surface area contributed by atoms with Crippen LogP contribution in [0.4, 0.5) is 0 Å². The molecule has 0 aliphatic carbocycles. The number of nitrogens with zero attached hydrogens (tertiary/aromatic N) is 2. The molecule has 0 amide bonds. The zero-order valence-electron chi connectivity index (χ0n) is 10.3. The zero-order chi connectivity index (χ0) is 12.6. The molecule has 4 heteroatoms. The van der Waals surface area contributed by atoms with Gasteiger partial charge in [-0.25, -0.2) is 4.98 Å². The number of hydrogen-bond acceptors (Lipinski definition) is 2. The Morgan fingerprint density at radius 2 is 2.24 bits per heavy atom. The van der Waals surface area contributed by atoms with E-state index in [4.69, 9.17) is 5.11 Å². The fraction of sp³-hybridized carbons (Fsp3) is 0.385. The van der Waals surface area contributed by atoms with Crippen LogP contribution < -0.4 is 0 Å². The van der Waals surface area contributed by atoms with E-state index >= 15 is 0 Å². The lowest BCUT2D eigenvalue weighted by Crippen LogP contribution is -2.08. The normalized spacial score (nSPS) is 12.9. The van der Waals surface area contributed by atoms with Gasteiger partial charge in [-0.3, -0.25) is 4.79 Å². The summed E-state index contributed by atoms with van der Waals surface area (Å²) in [6.07, 6.45) is 0.107. The minimum Gasteiger partial charge on any atom is -0.481 e. The second-order valence-corrected chi connectivity index (χ2v) is 4.52. The highest BCUT2D eigenvalue weighted by Crippen LogP contribution is 2.23. The molecular formula is C13H16N2O2. The van der Waals surface area contributed by atoms with Crippen molar-refractivity contribution < 1.29 is 9.90 Å². The Kier molecular flexibility index (Phi) is 2.88. The zero-order valence-corrected chi connectivity index (χ0v) is 10.3. The van der Waals surface area contributed by atoms with Gasteiger partial charge in [0.15, 0.2) is 0 Å². The van der Waals surface area contributed by atoms with Crippen molar-refractivity contribution in [3.05, 3.63) is 29.6 Å². The predicted molar refractivity (Wildman–Crippen MR) is 66.1 cm³/mol. The first-order chi connectivity index (χ1) is 7.99. The molecule has 0 saturated carbocycles. The molecule has 0 radical (unpaired) electrons. The van der Waals surface area contributed by atoms with E-state index in [1.807, 2.05) is 37.6 Å². The van der Waals surface area contributed by atoms with Gasteiger partial charge in [0, 0.05) is 13.0 Å². The molecule has 90 valence electrons. The van der Waals surface area contributed by atoms with Gasteiger partial charge in [0.25, 0.3) is 0 Å². The molecule has 0 fully saturated rings. The van der Waals surface area contributed by atoms with Crippen molar-refractivity contribution in [3.63, 3.8) is 0 Å². The number of benzene rings is 1. The van der Waals surface area contributed by atoms with E-state index in [0.29, 0.717) is 0 Å². The van der Waals surface area contributed by atoms with E-state index in [2.05, 4.69) is 11.1 Å². The van der Waals surface area contributed by atoms with E-state index in [1.165, 1.54) is 5.56 Å². The summed E-state index contributed by atoms with van der Waals surface area (Å²) >= 11 is 0. The van der Waals surface area contributed by atoms with Gasteiger partial charge in [-0.1, -0.05) is 13.0 Å². The number of aromatic nitrogens is 2. The Morgan fingerprint density at radius 1 is 1.53 bits per heavy atom. The number of hydrogen-bond donors (Lipinski definition) is 1. The lowest BCUT2D eigenvalue weighted by Gasteiger charge is -2.08. The summed E-state index contributed by atoms with van der Waals surface area (Å²) in [7, 11) is 1.93. The number of carboxylic acids is 1. The van der Waals surface area contributed by atoms with Crippen molar-refractivity contribution in [2.24, 2.45) is 7.05 Å². The second-order valence-electron chi connectivity index (χ2n) is 4.52. The minimum atomic E-state index is -0.791. The maximum absolute atomic E-state index is 10.7. The average Bonchev–Trinajstić information content (AvgIpc) is 2.55. The van der Waals surface area contributed by atoms with Gasteiger partial charge < -0.3 is 9.67 Å². The third-order valence-corrected chi connectivity index (χ3v) is 2.99. The van der Waals surface area contributed by atoms with Crippen molar-refractivity contribution in [3.8, 4) is 0 Å². The molecule has 1 N–H and O–H groups in total. The molecule has 2 rings (SSSR count). The quantitative estimate of drug-likeness (QED) is 0.884. The molecule has 0 bridgehead atoms. The van der Waals surface area contributed by atoms with Crippen molar-refractivity contribution in [2.75, 3.05) is 0 Å². The second kappa shape index (κ2) is 4.20. The van der Waals surface area contributed by atoms with Crippen LogP contribution in [0, 0.1) is 6.92 Å². The third kappa shape index (κ3) is 2.16. The van der Waals surface area contributed by atoms with Crippen molar-refractivity contribution in [2.45, 2.75) is 26.2 Å². The molecule has 1 aromatic heterocycles. The fourth-order valence-electron chi connectivity index (χ4n) is 2.11. The number of carboxylic acid groups (broad SMARTS) is 1. The van der Waals surface area contributed by atoms with Crippen LogP contribution in [0.5, 0.6) is 0 Å². The molecule has 1 unspecified atom stereocenters. The van der Waals surface area contributed by atoms with Crippen molar-refractivity contribution in [1.82, 2.24) is 9.55 Å². The highest BCUT2D eigenvalue weighted by Gasteiger charge is 2.17. The Morgan fingerprint density at radius 3 is 2.88 bits per heavy atom. The van der Waals surface area contributed by atoms with E-state index in [-0.39, 0.29) is 12.3 Å². The van der Waals surface area contributed by atoms with Gasteiger partial charge >= 0.3 is 5.97 Å². The number of imidazole rings is 1. The first-order valence-electron chi connectivity index (χ1n) is 5.64. The largest absolute Gasteiger partial charge is 0.481 e. The van der Waals surface area contributed by atoms with Crippen LogP contribution in [0.1, 0.15) is 30.7 Å². The van der Waals surface area contributed by atoms with Crippen LogP contribution in [0.2, 0.25) is 0 Å². The van der Waals surface area contributed by atoms with Gasteiger partial charge in [-0.15, -0.1) is 0 Å². The van der Waals surface area contributed by atoms with E-state index in [9.17, 15) is 4.79 Å². The Bertz CT molecular complexity index is 572. The van der Waals surface area contributed by atoms with Crippen molar-refractivity contribution >= 4 is 17.0 Å². The monoisotopic (exact) mass is 232 g/mol. The van der Waals surface area contributed by atoms with Crippen LogP contribution in [0.25, 0.3) is 11.0 Å². The summed E-state index contributed by atoms with van der Waals surface area (Å²) in [4.78, 5) is 15.2. The van der Waals surface area contributed by atoms with Crippen LogP contribution >= 0.6 is 0 Å². The van der Waals surface area contributed by atoms with E-state index < -0.39 is 5.97 Å². The molecule has 1 aromatic carbocycles. The topological polar surface area (TPSA) is 55.1 Å². The molecule has 2 aromatic rings. The number of fused-ring (bicyclic) bond motifs is 1. The number of aryl methyl sites for hydroxylation is 2. The summed E-state index contributed by atoms with van der Waals surface area (Å²) in [6, 6.07) is 6.06. The van der Waals surface area contributed by atoms with Gasteiger partial charge in [0.05, 0.1) is 17.5 Å². The molecular weight excluding hydrogens is 216 g/mol. The summed E-state index contributed by atoms with van der Waals surface area (Å²) in [5, 5.41) is 8.82. The number of rotatable bonds is 3. The lowest BCUT2D eigenvalue weighted by molar-refractivity contribution is -0.137. The lowest BCUT2D eigenvalue weighted by atomic mass is 10.1. The van der Waals surface area contributed by atoms with Crippen molar-refractivity contribution in [1.29, 1.82) is 0 Å². The fourth-order valence-corrected chi connectivity index (χ4v) is 2.11.